The third-order valence-corrected chi connectivity index (χ3v) is 15.2. The lowest BCUT2D eigenvalue weighted by Gasteiger charge is -2.66. The third-order valence-electron chi connectivity index (χ3n) is 15.2. The van der Waals surface area contributed by atoms with Gasteiger partial charge in [0.15, 0.2) is 12.6 Å². The number of fused-ring (bicyclic) bond motifs is 5. The molecule has 0 aromatic carbocycles. The zero-order chi connectivity index (χ0) is 38.8. The number of rotatable bonds is 11. The van der Waals surface area contributed by atoms with Gasteiger partial charge in [0.05, 0.1) is 49.3 Å². The summed E-state index contributed by atoms with van der Waals surface area (Å²) in [7, 11) is 1.44. The number of hydrogen-bond acceptors (Lipinski definition) is 14. The van der Waals surface area contributed by atoms with Crippen LogP contribution in [0.25, 0.3) is 0 Å². The molecule has 0 aromatic heterocycles. The van der Waals surface area contributed by atoms with Crippen molar-refractivity contribution < 1.29 is 69.6 Å². The Labute approximate surface area is 313 Å². The summed E-state index contributed by atoms with van der Waals surface area (Å²) < 4.78 is 28.8. The molecule has 2 heterocycles. The van der Waals surface area contributed by atoms with Crippen molar-refractivity contribution in [3.63, 3.8) is 0 Å². The summed E-state index contributed by atoms with van der Waals surface area (Å²) in [6.45, 7) is 10.3. The Kier molecular flexibility index (Phi) is 12.7. The van der Waals surface area contributed by atoms with Gasteiger partial charge >= 0.3 is 0 Å². The summed E-state index contributed by atoms with van der Waals surface area (Å²) in [5.41, 5.74) is -2.34. The molecule has 0 spiro atoms. The Balaban J connectivity index is 1.07. The van der Waals surface area contributed by atoms with E-state index >= 15 is 0 Å². The summed E-state index contributed by atoms with van der Waals surface area (Å²) in [6, 6.07) is 0. The van der Waals surface area contributed by atoms with Gasteiger partial charge in [0.1, 0.15) is 36.6 Å². The highest BCUT2D eigenvalue weighted by atomic mass is 16.7. The average Bonchev–Trinajstić information content (AvgIpc) is 3.31. The molecule has 14 heteroatoms. The zero-order valence-corrected chi connectivity index (χ0v) is 32.3. The van der Waals surface area contributed by atoms with E-state index in [4.69, 9.17) is 23.7 Å². The van der Waals surface area contributed by atoms with Crippen LogP contribution in [0.4, 0.5) is 0 Å². The van der Waals surface area contributed by atoms with Crippen LogP contribution in [0.5, 0.6) is 0 Å². The van der Waals surface area contributed by atoms with Crippen molar-refractivity contribution in [1.82, 2.24) is 0 Å². The monoisotopic (exact) mass is 760 g/mol. The Hall–Kier alpha value is -0.560. The molecule has 0 radical (unpaired) electrons. The SMILES string of the molecule is CO[C@H]1[C@H](O[C@H]2CC[C@@]3(C)C(C2)[C@H](O)C[C@]2(O)C3CC[C@@]3(C)C2[C@@H](O)[C@H](O)[C@@H]3[C@H](C)CCCC(C)CO[C@@H]2O[C@@H](C)[C@@H](O)[C@@H](O)[C@@H]2O)OC[C@@H](O)[C@@H]1O. The van der Waals surface area contributed by atoms with Gasteiger partial charge in [-0.25, -0.2) is 0 Å². The van der Waals surface area contributed by atoms with Crippen LogP contribution in [0.2, 0.25) is 0 Å². The minimum atomic E-state index is -1.37. The van der Waals surface area contributed by atoms with E-state index in [0.29, 0.717) is 32.3 Å². The molecular weight excluding hydrogens is 692 g/mol. The van der Waals surface area contributed by atoms with E-state index in [1.165, 1.54) is 7.11 Å². The first kappa shape index (κ1) is 42.1. The maximum absolute atomic E-state index is 12.8. The molecule has 9 N–H and O–H groups in total. The molecule has 14 nitrogen and oxygen atoms in total. The van der Waals surface area contributed by atoms with E-state index in [-0.39, 0.29) is 48.7 Å². The first-order chi connectivity index (χ1) is 24.9. The quantitative estimate of drug-likeness (QED) is 0.130. The van der Waals surface area contributed by atoms with Gasteiger partial charge in [0.25, 0.3) is 0 Å². The lowest BCUT2D eigenvalue weighted by molar-refractivity contribution is -0.303. The molecule has 0 aromatic rings. The Morgan fingerprint density at radius 2 is 1.49 bits per heavy atom. The first-order valence-electron chi connectivity index (χ1n) is 20.1. The molecule has 308 valence electrons. The van der Waals surface area contributed by atoms with E-state index < -0.39 is 96.0 Å². The van der Waals surface area contributed by atoms with Crippen LogP contribution in [0.3, 0.4) is 0 Å². The lowest BCUT2D eigenvalue weighted by Crippen LogP contribution is -2.69. The van der Waals surface area contributed by atoms with Gasteiger partial charge in [-0.15, -0.1) is 0 Å². The van der Waals surface area contributed by atoms with Gasteiger partial charge in [0.2, 0.25) is 0 Å². The number of aliphatic hydroxyl groups is 9. The molecule has 53 heavy (non-hydrogen) atoms. The topological polar surface area (TPSA) is 228 Å². The molecule has 4 aliphatic carbocycles. The summed E-state index contributed by atoms with van der Waals surface area (Å²) in [6.07, 6.45) is -6.89. The van der Waals surface area contributed by atoms with Crippen molar-refractivity contribution in [2.75, 3.05) is 20.3 Å². The number of hydrogen-bond donors (Lipinski definition) is 9. The number of methoxy groups -OCH3 is 1. The Morgan fingerprint density at radius 1 is 0.792 bits per heavy atom. The van der Waals surface area contributed by atoms with Gasteiger partial charge in [-0.05, 0) is 85.9 Å². The molecule has 0 amide bonds. The molecular formula is C39H68O14. The molecule has 6 fully saturated rings. The highest BCUT2D eigenvalue weighted by Crippen LogP contribution is 2.70. The third kappa shape index (κ3) is 7.39. The van der Waals surface area contributed by atoms with Crippen molar-refractivity contribution in [1.29, 1.82) is 0 Å². The van der Waals surface area contributed by atoms with Crippen molar-refractivity contribution in [2.45, 2.75) is 178 Å². The first-order valence-corrected chi connectivity index (χ1v) is 20.1. The van der Waals surface area contributed by atoms with Crippen LogP contribution in [0, 0.1) is 46.3 Å². The molecule has 6 aliphatic rings. The molecule has 22 atom stereocenters. The minimum absolute atomic E-state index is 0.0471. The van der Waals surface area contributed by atoms with Crippen LogP contribution >= 0.6 is 0 Å². The fourth-order valence-electron chi connectivity index (χ4n) is 12.4. The van der Waals surface area contributed by atoms with Crippen LogP contribution in [0.1, 0.15) is 92.4 Å². The maximum Gasteiger partial charge on any atom is 0.186 e. The summed E-state index contributed by atoms with van der Waals surface area (Å²) >= 11 is 0. The van der Waals surface area contributed by atoms with Gasteiger partial charge in [-0.3, -0.25) is 0 Å². The van der Waals surface area contributed by atoms with Gasteiger partial charge in [-0.2, -0.15) is 0 Å². The second-order valence-corrected chi connectivity index (χ2v) is 18.5. The number of ether oxygens (including phenoxy) is 5. The lowest BCUT2D eigenvalue weighted by atomic mass is 9.42. The fraction of sp³-hybridized carbons (Fsp3) is 1.00. The second kappa shape index (κ2) is 16.0. The summed E-state index contributed by atoms with van der Waals surface area (Å²) in [4.78, 5) is 0. The molecule has 2 saturated heterocycles. The minimum Gasteiger partial charge on any atom is -0.393 e. The van der Waals surface area contributed by atoms with Crippen molar-refractivity contribution >= 4 is 0 Å². The number of aliphatic hydroxyl groups excluding tert-OH is 8. The van der Waals surface area contributed by atoms with E-state index in [0.717, 1.165) is 25.7 Å². The van der Waals surface area contributed by atoms with Crippen LogP contribution in [-0.4, -0.2) is 152 Å². The van der Waals surface area contributed by atoms with Crippen LogP contribution < -0.4 is 0 Å². The molecule has 2 aliphatic heterocycles. The zero-order valence-electron chi connectivity index (χ0n) is 32.3. The highest BCUT2D eigenvalue weighted by Gasteiger charge is 2.72. The van der Waals surface area contributed by atoms with E-state index in [1.54, 1.807) is 6.92 Å². The van der Waals surface area contributed by atoms with E-state index in [9.17, 15) is 46.0 Å². The van der Waals surface area contributed by atoms with Crippen molar-refractivity contribution in [3.8, 4) is 0 Å². The van der Waals surface area contributed by atoms with Gasteiger partial charge < -0.3 is 69.6 Å². The van der Waals surface area contributed by atoms with Crippen LogP contribution in [-0.2, 0) is 23.7 Å². The summed E-state index contributed by atoms with van der Waals surface area (Å²) in [5, 5.41) is 98.9. The summed E-state index contributed by atoms with van der Waals surface area (Å²) in [5.74, 6) is -1.05. The maximum atomic E-state index is 12.8. The molecule has 4 saturated carbocycles. The van der Waals surface area contributed by atoms with Crippen molar-refractivity contribution in [2.24, 2.45) is 46.3 Å². The smallest absolute Gasteiger partial charge is 0.186 e. The predicted octanol–water partition coefficient (Wildman–Crippen LogP) is 0.438. The average molecular weight is 761 g/mol. The molecule has 6 rings (SSSR count). The normalized spacial score (nSPS) is 54.1. The predicted molar refractivity (Wildman–Crippen MR) is 189 cm³/mol. The molecule has 0 bridgehead atoms. The van der Waals surface area contributed by atoms with E-state index in [2.05, 4.69) is 20.8 Å². The van der Waals surface area contributed by atoms with Gasteiger partial charge in [0, 0.05) is 19.4 Å². The highest BCUT2D eigenvalue weighted by molar-refractivity contribution is 5.22. The van der Waals surface area contributed by atoms with E-state index in [1.807, 2.05) is 6.92 Å². The van der Waals surface area contributed by atoms with Crippen molar-refractivity contribution in [3.05, 3.63) is 0 Å². The van der Waals surface area contributed by atoms with Crippen LogP contribution in [0.15, 0.2) is 0 Å². The second-order valence-electron chi connectivity index (χ2n) is 18.5. The Morgan fingerprint density at radius 3 is 2.19 bits per heavy atom. The van der Waals surface area contributed by atoms with Gasteiger partial charge in [-0.1, -0.05) is 40.5 Å². The largest absolute Gasteiger partial charge is 0.393 e. The fourth-order valence-corrected chi connectivity index (χ4v) is 12.4. The molecule has 4 unspecified atom stereocenters. The standard InChI is InChI=1S/C39H68O14/c1-18(16-50-35-32(47)30(45)27(42)20(3)52-35)8-7-9-19(2)26-29(44)31(46)34-38(26,5)13-11-25-37(4)12-10-21(14-22(37)23(40)15-39(25,34)48)53-36-33(49-6)28(43)24(41)17-51-36/h18-36,40-48H,7-17H2,1-6H3/t18?,19-,20+,21+,22?,23-,24-,25?,26+,27-,28+,29-,30-,31+,32+,33-,34?,35-,36+,37+,38-,39+/m1/s1. The Bertz CT molecular complexity index is 1230.